The van der Waals surface area contributed by atoms with Crippen molar-refractivity contribution in [3.05, 3.63) is 83.9 Å². The van der Waals surface area contributed by atoms with Gasteiger partial charge >= 0.3 is 0 Å². The number of ether oxygens (including phenoxy) is 2. The van der Waals surface area contributed by atoms with Gasteiger partial charge in [0.15, 0.2) is 0 Å². The highest BCUT2D eigenvalue weighted by Crippen LogP contribution is 2.38. The van der Waals surface area contributed by atoms with Gasteiger partial charge in [0.25, 0.3) is 5.91 Å². The molecule has 4 nitrogen and oxygen atoms in total. The molecule has 0 aromatic heterocycles. The molecule has 1 amide bonds. The monoisotopic (exact) mass is 359 g/mol. The molecule has 4 rings (SSSR count). The van der Waals surface area contributed by atoms with Crippen LogP contribution in [0.5, 0.6) is 5.75 Å². The topological polar surface area (TPSA) is 38.8 Å². The van der Waals surface area contributed by atoms with Crippen LogP contribution in [0.15, 0.2) is 72.8 Å². The van der Waals surface area contributed by atoms with Crippen LogP contribution in [0.4, 0.5) is 5.69 Å². The Kier molecular flexibility index (Phi) is 4.90. The molecule has 136 valence electrons. The summed E-state index contributed by atoms with van der Waals surface area (Å²) in [6.45, 7) is 0.985. The zero-order valence-electron chi connectivity index (χ0n) is 15.2. The van der Waals surface area contributed by atoms with Crippen molar-refractivity contribution < 1.29 is 14.3 Å². The maximum absolute atomic E-state index is 12.7. The molecule has 27 heavy (non-hydrogen) atoms. The second-order valence-electron chi connectivity index (χ2n) is 6.46. The number of para-hydroxylation sites is 1. The standard InChI is InChI=1S/C23H21NO3/c1-26-22-13-6-5-10-19(22)18-11-7-12-21-20(18)15-27-16-23(25)24(21)14-17-8-3-2-4-9-17/h2-13H,14-16H2,1H3. The van der Waals surface area contributed by atoms with Crippen molar-refractivity contribution in [1.82, 2.24) is 0 Å². The van der Waals surface area contributed by atoms with Gasteiger partial charge < -0.3 is 14.4 Å². The van der Waals surface area contributed by atoms with E-state index in [4.69, 9.17) is 9.47 Å². The molecule has 3 aromatic carbocycles. The summed E-state index contributed by atoms with van der Waals surface area (Å²) in [5.41, 5.74) is 5.00. The van der Waals surface area contributed by atoms with Crippen molar-refractivity contribution >= 4 is 11.6 Å². The predicted molar refractivity (Wildman–Crippen MR) is 106 cm³/mol. The SMILES string of the molecule is COc1ccccc1-c1cccc2c1COCC(=O)N2Cc1ccccc1. The molecule has 0 fully saturated rings. The van der Waals surface area contributed by atoms with Gasteiger partial charge in [0.05, 0.1) is 25.9 Å². The number of methoxy groups -OCH3 is 1. The quantitative estimate of drug-likeness (QED) is 0.692. The molecule has 0 radical (unpaired) electrons. The fourth-order valence-corrected chi connectivity index (χ4v) is 3.49. The average molecular weight is 359 g/mol. The van der Waals surface area contributed by atoms with E-state index in [0.717, 1.165) is 33.7 Å². The Hall–Kier alpha value is -3.11. The zero-order valence-corrected chi connectivity index (χ0v) is 15.2. The molecule has 0 aliphatic carbocycles. The summed E-state index contributed by atoms with van der Waals surface area (Å²) < 4.78 is 11.2. The Morgan fingerprint density at radius 2 is 1.63 bits per heavy atom. The Morgan fingerprint density at radius 3 is 2.44 bits per heavy atom. The lowest BCUT2D eigenvalue weighted by Crippen LogP contribution is -2.32. The largest absolute Gasteiger partial charge is 0.496 e. The van der Waals surface area contributed by atoms with E-state index in [0.29, 0.717) is 13.2 Å². The second-order valence-corrected chi connectivity index (χ2v) is 6.46. The van der Waals surface area contributed by atoms with Crippen molar-refractivity contribution in [2.75, 3.05) is 18.6 Å². The first-order valence-corrected chi connectivity index (χ1v) is 8.95. The molecule has 0 atom stereocenters. The van der Waals surface area contributed by atoms with E-state index < -0.39 is 0 Å². The smallest absolute Gasteiger partial charge is 0.253 e. The van der Waals surface area contributed by atoms with Crippen LogP contribution in [0.2, 0.25) is 0 Å². The molecule has 1 aliphatic rings. The van der Waals surface area contributed by atoms with E-state index in [2.05, 4.69) is 6.07 Å². The number of anilines is 1. The molecule has 0 spiro atoms. The number of hydrogen-bond acceptors (Lipinski definition) is 3. The van der Waals surface area contributed by atoms with Crippen LogP contribution in [-0.2, 0) is 22.7 Å². The van der Waals surface area contributed by atoms with Gasteiger partial charge in [-0.05, 0) is 23.3 Å². The lowest BCUT2D eigenvalue weighted by molar-refractivity contribution is -0.123. The summed E-state index contributed by atoms with van der Waals surface area (Å²) in [6.07, 6.45) is 0. The Bertz CT molecular complexity index is 953. The van der Waals surface area contributed by atoms with Crippen LogP contribution in [0.1, 0.15) is 11.1 Å². The molecule has 0 saturated heterocycles. The maximum Gasteiger partial charge on any atom is 0.253 e. The van der Waals surface area contributed by atoms with E-state index in [1.807, 2.05) is 71.6 Å². The molecule has 0 N–H and O–H groups in total. The first-order valence-electron chi connectivity index (χ1n) is 8.95. The van der Waals surface area contributed by atoms with Crippen molar-refractivity contribution in [3.63, 3.8) is 0 Å². The normalized spacial score (nSPS) is 13.8. The maximum atomic E-state index is 12.7. The Labute approximate surface area is 159 Å². The van der Waals surface area contributed by atoms with E-state index in [9.17, 15) is 4.79 Å². The van der Waals surface area contributed by atoms with Crippen LogP contribution < -0.4 is 9.64 Å². The number of nitrogens with zero attached hydrogens (tertiary/aromatic N) is 1. The van der Waals surface area contributed by atoms with Crippen molar-refractivity contribution in [2.45, 2.75) is 13.2 Å². The fraction of sp³-hybridized carbons (Fsp3) is 0.174. The minimum Gasteiger partial charge on any atom is -0.496 e. The number of carbonyl (C=O) groups excluding carboxylic acids is 1. The number of amides is 1. The molecule has 0 unspecified atom stereocenters. The number of fused-ring (bicyclic) bond motifs is 1. The summed E-state index contributed by atoms with van der Waals surface area (Å²) in [6, 6.07) is 23.9. The summed E-state index contributed by atoms with van der Waals surface area (Å²) >= 11 is 0. The Morgan fingerprint density at radius 1 is 0.889 bits per heavy atom. The van der Waals surface area contributed by atoms with Crippen molar-refractivity contribution in [3.8, 4) is 16.9 Å². The predicted octanol–water partition coefficient (Wildman–Crippen LogP) is 4.43. The number of hydrogen-bond donors (Lipinski definition) is 0. The molecule has 0 bridgehead atoms. The second kappa shape index (κ2) is 7.64. The number of carbonyl (C=O) groups is 1. The highest BCUT2D eigenvalue weighted by molar-refractivity contribution is 5.97. The van der Waals surface area contributed by atoms with Gasteiger partial charge in [0.2, 0.25) is 0 Å². The number of benzene rings is 3. The lowest BCUT2D eigenvalue weighted by Gasteiger charge is -2.24. The summed E-state index contributed by atoms with van der Waals surface area (Å²) in [4.78, 5) is 14.5. The molecule has 3 aromatic rings. The molecule has 4 heteroatoms. The molecule has 1 heterocycles. The lowest BCUT2D eigenvalue weighted by atomic mass is 9.97. The first kappa shape index (κ1) is 17.3. The van der Waals surface area contributed by atoms with Crippen LogP contribution in [0.25, 0.3) is 11.1 Å². The van der Waals surface area contributed by atoms with Crippen LogP contribution >= 0.6 is 0 Å². The van der Waals surface area contributed by atoms with Gasteiger partial charge in [-0.25, -0.2) is 0 Å². The highest BCUT2D eigenvalue weighted by Gasteiger charge is 2.25. The van der Waals surface area contributed by atoms with E-state index >= 15 is 0 Å². The molecular weight excluding hydrogens is 338 g/mol. The van der Waals surface area contributed by atoms with Gasteiger partial charge in [0, 0.05) is 11.1 Å². The third-order valence-electron chi connectivity index (χ3n) is 4.80. The average Bonchev–Trinajstić information content (AvgIpc) is 2.88. The van der Waals surface area contributed by atoms with Crippen molar-refractivity contribution in [2.24, 2.45) is 0 Å². The van der Waals surface area contributed by atoms with E-state index in [1.54, 1.807) is 7.11 Å². The van der Waals surface area contributed by atoms with E-state index in [1.165, 1.54) is 0 Å². The van der Waals surface area contributed by atoms with Crippen LogP contribution in [0.3, 0.4) is 0 Å². The van der Waals surface area contributed by atoms with E-state index in [-0.39, 0.29) is 12.5 Å². The van der Waals surface area contributed by atoms with Crippen LogP contribution in [0, 0.1) is 0 Å². The van der Waals surface area contributed by atoms with Gasteiger partial charge in [-0.2, -0.15) is 0 Å². The minimum absolute atomic E-state index is 0.0326. The fourth-order valence-electron chi connectivity index (χ4n) is 3.49. The summed E-state index contributed by atoms with van der Waals surface area (Å²) in [7, 11) is 1.67. The zero-order chi connectivity index (χ0) is 18.6. The van der Waals surface area contributed by atoms with Gasteiger partial charge in [0.1, 0.15) is 12.4 Å². The molecular formula is C23H21NO3. The van der Waals surface area contributed by atoms with Gasteiger partial charge in [-0.1, -0.05) is 60.7 Å². The van der Waals surface area contributed by atoms with Crippen LogP contribution in [-0.4, -0.2) is 19.6 Å². The highest BCUT2D eigenvalue weighted by atomic mass is 16.5. The third kappa shape index (κ3) is 3.44. The van der Waals surface area contributed by atoms with Gasteiger partial charge in [-0.3, -0.25) is 4.79 Å². The summed E-state index contributed by atoms with van der Waals surface area (Å²) in [5, 5.41) is 0. The molecule has 1 aliphatic heterocycles. The summed E-state index contributed by atoms with van der Waals surface area (Å²) in [5.74, 6) is 0.769. The molecule has 0 saturated carbocycles. The third-order valence-corrected chi connectivity index (χ3v) is 4.80. The Balaban J connectivity index is 1.82. The first-order chi connectivity index (χ1) is 13.3. The minimum atomic E-state index is -0.0326. The van der Waals surface area contributed by atoms with Gasteiger partial charge in [-0.15, -0.1) is 0 Å². The number of rotatable bonds is 4. The van der Waals surface area contributed by atoms with Crippen molar-refractivity contribution in [1.29, 1.82) is 0 Å².